The van der Waals surface area contributed by atoms with Crippen LogP contribution in [0.2, 0.25) is 5.02 Å². The van der Waals surface area contributed by atoms with E-state index >= 15 is 0 Å². The van der Waals surface area contributed by atoms with E-state index in [2.05, 4.69) is 19.9 Å². The topological polar surface area (TPSA) is 22.1 Å². The van der Waals surface area contributed by atoms with Gasteiger partial charge in [0.2, 0.25) is 0 Å². The molecule has 0 fully saturated rings. The van der Waals surface area contributed by atoms with Gasteiger partial charge in [0.15, 0.2) is 0 Å². The molecule has 112 valence electrons. The van der Waals surface area contributed by atoms with Crippen LogP contribution in [0, 0.1) is 0 Å². The Labute approximate surface area is 138 Å². The van der Waals surface area contributed by atoms with Crippen LogP contribution < -0.4 is 4.74 Å². The molecular formula is C18H16ClNOS. The minimum atomic E-state index is -0.147. The summed E-state index contributed by atoms with van der Waals surface area (Å²) in [5, 5.41) is 1.72. The third-order valence-electron chi connectivity index (χ3n) is 4.03. The van der Waals surface area contributed by atoms with Gasteiger partial charge in [-0.3, -0.25) is 0 Å². The second-order valence-electron chi connectivity index (χ2n) is 6.29. The molecule has 0 bridgehead atoms. The summed E-state index contributed by atoms with van der Waals surface area (Å²) in [6, 6.07) is 12.2. The van der Waals surface area contributed by atoms with Gasteiger partial charge in [0, 0.05) is 5.02 Å². The Kier molecular flexibility index (Phi) is 3.17. The Morgan fingerprint density at radius 3 is 2.86 bits per heavy atom. The third-order valence-corrected chi connectivity index (χ3v) is 5.32. The monoisotopic (exact) mass is 329 g/mol. The van der Waals surface area contributed by atoms with E-state index < -0.39 is 0 Å². The highest BCUT2D eigenvalue weighted by Crippen LogP contribution is 2.44. The first-order chi connectivity index (χ1) is 10.5. The summed E-state index contributed by atoms with van der Waals surface area (Å²) in [5.74, 6) is 0.944. The highest BCUT2D eigenvalue weighted by Gasteiger charge is 2.29. The third kappa shape index (κ3) is 2.38. The molecule has 0 aliphatic carbocycles. The number of benzene rings is 2. The van der Waals surface area contributed by atoms with Crippen LogP contribution in [-0.4, -0.2) is 10.6 Å². The molecule has 1 aromatic heterocycles. The van der Waals surface area contributed by atoms with Crippen molar-refractivity contribution in [2.75, 3.05) is 0 Å². The fourth-order valence-corrected chi connectivity index (χ4v) is 4.09. The maximum absolute atomic E-state index is 6.32. The predicted molar refractivity (Wildman–Crippen MR) is 93.1 cm³/mol. The SMILES string of the molecule is CC1(C)CCc2cc(Cl)cc(-c3nc4ccccc4s3)c2O1. The molecule has 3 aromatic rings. The number of hydrogen-bond acceptors (Lipinski definition) is 3. The van der Waals surface area contributed by atoms with Crippen molar-refractivity contribution in [1.29, 1.82) is 0 Å². The second-order valence-corrected chi connectivity index (χ2v) is 7.76. The van der Waals surface area contributed by atoms with Gasteiger partial charge < -0.3 is 4.74 Å². The van der Waals surface area contributed by atoms with Crippen molar-refractivity contribution in [3.63, 3.8) is 0 Å². The number of thiazole rings is 1. The summed E-state index contributed by atoms with van der Waals surface area (Å²) in [6.07, 6.45) is 1.99. The van der Waals surface area contributed by atoms with Gasteiger partial charge in [-0.1, -0.05) is 23.7 Å². The zero-order chi connectivity index (χ0) is 15.3. The molecule has 4 rings (SSSR count). The lowest BCUT2D eigenvalue weighted by molar-refractivity contribution is 0.0855. The molecule has 0 spiro atoms. The molecule has 2 nitrogen and oxygen atoms in total. The van der Waals surface area contributed by atoms with E-state index in [4.69, 9.17) is 21.3 Å². The first kappa shape index (κ1) is 14.0. The van der Waals surface area contributed by atoms with Crippen molar-refractivity contribution < 1.29 is 4.74 Å². The van der Waals surface area contributed by atoms with Gasteiger partial charge in [0.05, 0.1) is 15.8 Å². The summed E-state index contributed by atoms with van der Waals surface area (Å²) >= 11 is 8.01. The van der Waals surface area contributed by atoms with E-state index in [9.17, 15) is 0 Å². The molecular weight excluding hydrogens is 314 g/mol. The Morgan fingerprint density at radius 1 is 1.23 bits per heavy atom. The van der Waals surface area contributed by atoms with Gasteiger partial charge in [0.25, 0.3) is 0 Å². The van der Waals surface area contributed by atoms with Gasteiger partial charge >= 0.3 is 0 Å². The van der Waals surface area contributed by atoms with E-state index in [1.807, 2.05) is 30.3 Å². The molecule has 0 N–H and O–H groups in total. The van der Waals surface area contributed by atoms with E-state index in [-0.39, 0.29) is 5.60 Å². The average Bonchev–Trinajstić information content (AvgIpc) is 2.90. The summed E-state index contributed by atoms with van der Waals surface area (Å²) in [6.45, 7) is 4.26. The Bertz CT molecular complexity index is 836. The minimum absolute atomic E-state index is 0.147. The van der Waals surface area contributed by atoms with Gasteiger partial charge in [0.1, 0.15) is 16.4 Å². The van der Waals surface area contributed by atoms with Crippen LogP contribution in [0.4, 0.5) is 0 Å². The molecule has 1 aliphatic heterocycles. The van der Waals surface area contributed by atoms with Crippen molar-refractivity contribution in [2.45, 2.75) is 32.3 Å². The molecule has 1 aliphatic rings. The summed E-state index contributed by atoms with van der Waals surface area (Å²) in [5.41, 5.74) is 3.07. The zero-order valence-electron chi connectivity index (χ0n) is 12.5. The second kappa shape index (κ2) is 4.97. The molecule has 0 amide bonds. The van der Waals surface area contributed by atoms with Crippen LogP contribution in [0.25, 0.3) is 20.8 Å². The van der Waals surface area contributed by atoms with Crippen molar-refractivity contribution >= 4 is 33.2 Å². The lowest BCUT2D eigenvalue weighted by Crippen LogP contribution is -2.32. The molecule has 0 atom stereocenters. The number of nitrogens with zero attached hydrogens (tertiary/aromatic N) is 1. The number of halogens is 1. The quantitative estimate of drug-likeness (QED) is 0.569. The highest BCUT2D eigenvalue weighted by molar-refractivity contribution is 7.21. The molecule has 0 saturated heterocycles. The largest absolute Gasteiger partial charge is 0.487 e. The molecule has 0 radical (unpaired) electrons. The Morgan fingerprint density at radius 2 is 2.05 bits per heavy atom. The lowest BCUT2D eigenvalue weighted by Gasteiger charge is -2.33. The molecule has 22 heavy (non-hydrogen) atoms. The van der Waals surface area contributed by atoms with Crippen LogP contribution in [0.5, 0.6) is 5.75 Å². The number of fused-ring (bicyclic) bond motifs is 2. The maximum atomic E-state index is 6.32. The fraction of sp³-hybridized carbons (Fsp3) is 0.278. The Balaban J connectivity index is 1.92. The number of aryl methyl sites for hydroxylation is 1. The van der Waals surface area contributed by atoms with Crippen LogP contribution in [-0.2, 0) is 6.42 Å². The first-order valence-electron chi connectivity index (χ1n) is 7.39. The van der Waals surface area contributed by atoms with Gasteiger partial charge in [-0.15, -0.1) is 11.3 Å². The standard InChI is InChI=1S/C18H16ClNOS/c1-18(2)8-7-11-9-12(19)10-13(16(11)21-18)17-20-14-5-3-4-6-15(14)22-17/h3-6,9-10H,7-8H2,1-2H3. The van der Waals surface area contributed by atoms with Crippen LogP contribution in [0.3, 0.4) is 0 Å². The maximum Gasteiger partial charge on any atom is 0.133 e. The number of hydrogen-bond donors (Lipinski definition) is 0. The van der Waals surface area contributed by atoms with Gasteiger partial charge in [-0.05, 0) is 56.5 Å². The van der Waals surface area contributed by atoms with Crippen molar-refractivity contribution in [3.8, 4) is 16.3 Å². The van der Waals surface area contributed by atoms with E-state index in [1.54, 1.807) is 11.3 Å². The number of aromatic nitrogens is 1. The molecule has 2 heterocycles. The predicted octanol–water partition coefficient (Wildman–Crippen LogP) is 5.72. The summed E-state index contributed by atoms with van der Waals surface area (Å²) in [4.78, 5) is 4.76. The molecule has 2 aromatic carbocycles. The fourth-order valence-electron chi connectivity index (χ4n) is 2.87. The van der Waals surface area contributed by atoms with Crippen molar-refractivity contribution in [3.05, 3.63) is 47.0 Å². The van der Waals surface area contributed by atoms with E-state index in [0.29, 0.717) is 0 Å². The average molecular weight is 330 g/mol. The summed E-state index contributed by atoms with van der Waals surface area (Å²) in [7, 11) is 0. The van der Waals surface area contributed by atoms with E-state index in [0.717, 1.165) is 39.7 Å². The Hall–Kier alpha value is -1.58. The van der Waals surface area contributed by atoms with Crippen LogP contribution in [0.1, 0.15) is 25.8 Å². The smallest absolute Gasteiger partial charge is 0.133 e. The summed E-state index contributed by atoms with van der Waals surface area (Å²) < 4.78 is 7.45. The van der Waals surface area contributed by atoms with Gasteiger partial charge in [-0.25, -0.2) is 4.98 Å². The first-order valence-corrected chi connectivity index (χ1v) is 8.59. The number of para-hydroxylation sites is 1. The minimum Gasteiger partial charge on any atom is -0.487 e. The van der Waals surface area contributed by atoms with Gasteiger partial charge in [-0.2, -0.15) is 0 Å². The highest BCUT2D eigenvalue weighted by atomic mass is 35.5. The van der Waals surface area contributed by atoms with Crippen molar-refractivity contribution in [2.24, 2.45) is 0 Å². The number of ether oxygens (including phenoxy) is 1. The van der Waals surface area contributed by atoms with Crippen LogP contribution >= 0.6 is 22.9 Å². The normalized spacial score (nSPS) is 16.3. The molecule has 4 heteroatoms. The number of rotatable bonds is 1. The zero-order valence-corrected chi connectivity index (χ0v) is 14.1. The molecule has 0 saturated carbocycles. The molecule has 0 unspecified atom stereocenters. The van der Waals surface area contributed by atoms with E-state index in [1.165, 1.54) is 10.3 Å². The lowest BCUT2D eigenvalue weighted by atomic mass is 9.93. The van der Waals surface area contributed by atoms with Crippen molar-refractivity contribution in [1.82, 2.24) is 4.98 Å². The van der Waals surface area contributed by atoms with Crippen LogP contribution in [0.15, 0.2) is 36.4 Å².